The van der Waals surface area contributed by atoms with Gasteiger partial charge < -0.3 is 14.6 Å². The summed E-state index contributed by atoms with van der Waals surface area (Å²) in [5, 5.41) is 23.0. The Morgan fingerprint density at radius 1 is 1.13 bits per heavy atom. The molecule has 1 aromatic rings. The highest BCUT2D eigenvalue weighted by Gasteiger charge is 2.69. The van der Waals surface area contributed by atoms with Crippen LogP contribution in [0, 0.1) is 17.3 Å². The Balaban J connectivity index is 1.77. The Hall–Kier alpha value is -1.20. The number of hydrogen-bond acceptors (Lipinski definition) is 3. The van der Waals surface area contributed by atoms with Crippen LogP contribution in [-0.2, 0) is 4.43 Å². The van der Waals surface area contributed by atoms with E-state index in [1.807, 2.05) is 30.4 Å². The van der Waals surface area contributed by atoms with Gasteiger partial charge in [0.25, 0.3) is 0 Å². The molecule has 3 saturated carbocycles. The molecule has 0 radical (unpaired) electrons. The first-order valence-corrected chi connectivity index (χ1v) is 14.2. The van der Waals surface area contributed by atoms with Gasteiger partial charge in [-0.3, -0.25) is 0 Å². The average molecular weight is 429 g/mol. The fraction of sp³-hybridized carbons (Fsp3) is 0.615. The summed E-state index contributed by atoms with van der Waals surface area (Å²) < 4.78 is 6.70. The van der Waals surface area contributed by atoms with Crippen LogP contribution in [0.25, 0.3) is 6.08 Å². The molecule has 0 unspecified atom stereocenters. The minimum atomic E-state index is -2.06. The second-order valence-corrected chi connectivity index (χ2v) is 16.1. The summed E-state index contributed by atoms with van der Waals surface area (Å²) >= 11 is 0. The zero-order valence-corrected chi connectivity index (χ0v) is 20.7. The van der Waals surface area contributed by atoms with Gasteiger partial charge in [0.05, 0.1) is 6.10 Å². The van der Waals surface area contributed by atoms with Crippen molar-refractivity contribution in [1.82, 2.24) is 0 Å². The minimum Gasteiger partial charge on any atom is -0.411 e. The molecule has 3 nitrogen and oxygen atoms in total. The molecule has 5 atom stereocenters. The largest absolute Gasteiger partial charge is 0.411 e. The van der Waals surface area contributed by atoms with Crippen LogP contribution in [0.3, 0.4) is 0 Å². The maximum Gasteiger partial charge on any atom is 0.192 e. The molecule has 4 rings (SSSR count). The van der Waals surface area contributed by atoms with Crippen LogP contribution in [-0.4, -0.2) is 36.3 Å². The predicted molar refractivity (Wildman–Crippen MR) is 128 cm³/mol. The zero-order chi connectivity index (χ0) is 22.4. The van der Waals surface area contributed by atoms with E-state index in [9.17, 15) is 10.2 Å². The molecule has 1 aromatic carbocycles. The summed E-state index contributed by atoms with van der Waals surface area (Å²) in [6.07, 6.45) is 8.41. The van der Waals surface area contributed by atoms with E-state index < -0.39 is 20.0 Å². The van der Waals surface area contributed by atoms with Crippen molar-refractivity contribution in [3.05, 3.63) is 54.1 Å². The molecule has 0 saturated heterocycles. The predicted octanol–water partition coefficient (Wildman–Crippen LogP) is 5.80. The third-order valence-corrected chi connectivity index (χ3v) is 12.6. The van der Waals surface area contributed by atoms with Gasteiger partial charge in [0.1, 0.15) is 11.7 Å². The van der Waals surface area contributed by atoms with E-state index in [0.717, 1.165) is 12.0 Å². The van der Waals surface area contributed by atoms with Gasteiger partial charge in [-0.15, -0.1) is 0 Å². The molecule has 0 spiro atoms. The topological polar surface area (TPSA) is 49.7 Å². The minimum absolute atomic E-state index is 0.0504. The monoisotopic (exact) mass is 428 g/mol. The second kappa shape index (κ2) is 8.05. The van der Waals surface area contributed by atoms with Gasteiger partial charge >= 0.3 is 0 Å². The zero-order valence-electron chi connectivity index (χ0n) is 19.7. The highest BCUT2D eigenvalue weighted by Crippen LogP contribution is 2.64. The van der Waals surface area contributed by atoms with Crippen molar-refractivity contribution in [3.63, 3.8) is 0 Å². The molecule has 3 fully saturated rings. The van der Waals surface area contributed by atoms with Gasteiger partial charge in [-0.1, -0.05) is 89.3 Å². The Labute approximate surface area is 184 Å². The van der Waals surface area contributed by atoms with Crippen molar-refractivity contribution in [3.8, 4) is 0 Å². The van der Waals surface area contributed by atoms with Crippen molar-refractivity contribution >= 4 is 14.4 Å². The molecule has 166 valence electrons. The Kier molecular flexibility index (Phi) is 6.29. The number of benzene rings is 1. The molecule has 2 N–H and O–H groups in total. The summed E-state index contributed by atoms with van der Waals surface area (Å²) in [7, 11) is -2.06. The quantitative estimate of drug-likeness (QED) is 0.444. The Morgan fingerprint density at radius 3 is 2.33 bits per heavy atom. The molecule has 2 bridgehead atoms. The lowest BCUT2D eigenvalue weighted by molar-refractivity contribution is -0.275. The number of aliphatic hydroxyl groups excluding tert-OH is 1. The van der Waals surface area contributed by atoms with Crippen LogP contribution in [0.15, 0.2) is 48.6 Å². The van der Waals surface area contributed by atoms with Crippen LogP contribution in [0.4, 0.5) is 0 Å². The summed E-state index contributed by atoms with van der Waals surface area (Å²) in [4.78, 5) is 0. The van der Waals surface area contributed by atoms with E-state index in [0.29, 0.717) is 12.3 Å². The summed E-state index contributed by atoms with van der Waals surface area (Å²) in [5.74, 6) is 0.344. The van der Waals surface area contributed by atoms with Gasteiger partial charge in [0, 0.05) is 0 Å². The van der Waals surface area contributed by atoms with E-state index in [2.05, 4.69) is 72.0 Å². The number of fused-ring (bicyclic) bond motifs is 2. The highest BCUT2D eigenvalue weighted by atomic mass is 28.4. The molecular weight excluding hydrogens is 388 g/mol. The molecule has 0 heterocycles. The van der Waals surface area contributed by atoms with Crippen molar-refractivity contribution in [2.75, 3.05) is 0 Å². The Morgan fingerprint density at radius 2 is 1.77 bits per heavy atom. The van der Waals surface area contributed by atoms with Crippen molar-refractivity contribution in [2.24, 2.45) is 17.3 Å². The molecule has 0 aliphatic heterocycles. The lowest BCUT2D eigenvalue weighted by atomic mass is 9.42. The molecule has 3 aliphatic carbocycles. The first-order valence-electron chi connectivity index (χ1n) is 11.3. The van der Waals surface area contributed by atoms with Crippen molar-refractivity contribution in [2.45, 2.75) is 83.4 Å². The molecule has 0 aromatic heterocycles. The average Bonchev–Trinajstić information content (AvgIpc) is 2.64. The van der Waals surface area contributed by atoms with Crippen LogP contribution >= 0.6 is 0 Å². The number of aliphatic hydroxyl groups is 2. The lowest BCUT2D eigenvalue weighted by Crippen LogP contribution is -2.74. The van der Waals surface area contributed by atoms with Crippen LogP contribution in [0.1, 0.15) is 53.0 Å². The number of hydrogen-bond donors (Lipinski definition) is 2. The smallest absolute Gasteiger partial charge is 0.192 e. The van der Waals surface area contributed by atoms with E-state index >= 15 is 0 Å². The van der Waals surface area contributed by atoms with Gasteiger partial charge in [-0.2, -0.15) is 0 Å². The van der Waals surface area contributed by atoms with Gasteiger partial charge in [-0.05, 0) is 53.8 Å². The third kappa shape index (κ3) is 4.12. The molecule has 3 aliphatic rings. The lowest BCUT2D eigenvalue weighted by Gasteiger charge is -2.67. The summed E-state index contributed by atoms with van der Waals surface area (Å²) in [6, 6.07) is 10.2. The molecular formula is C26H40O3Si. The fourth-order valence-electron chi connectivity index (χ4n) is 4.97. The SMILES string of the molecule is CC1(C)[C@@H]2C[C@H]1[C@](O)(/C=C/C/C=C/c1ccccc1)[C@@H](O)[C@@H]2O[Si](C)(C)C(C)(C)C. The fourth-order valence-corrected chi connectivity index (χ4v) is 6.30. The summed E-state index contributed by atoms with van der Waals surface area (Å²) in [6.45, 7) is 15.5. The van der Waals surface area contributed by atoms with Crippen molar-refractivity contribution in [1.29, 1.82) is 0 Å². The maximum absolute atomic E-state index is 11.6. The first kappa shape index (κ1) is 23.5. The molecule has 0 amide bonds. The van der Waals surface area contributed by atoms with E-state index in [1.54, 1.807) is 0 Å². The summed E-state index contributed by atoms with van der Waals surface area (Å²) in [5.41, 5.74) is -0.134. The van der Waals surface area contributed by atoms with Gasteiger partial charge in [-0.25, -0.2) is 0 Å². The van der Waals surface area contributed by atoms with Crippen LogP contribution in [0.5, 0.6) is 0 Å². The van der Waals surface area contributed by atoms with E-state index in [-0.39, 0.29) is 22.5 Å². The highest BCUT2D eigenvalue weighted by molar-refractivity contribution is 6.74. The standard InChI is InChI=1S/C26H40O3Si/c1-24(2,3)30(6,7)29-22-20-18-21(25(20,4)5)26(28,23(22)27)17-13-9-12-16-19-14-10-8-11-15-19/h8,10-17,20-23,27-28H,9,18H2,1-7H3/b16-12+,17-13+/t20-,21-,22-,23+,26-/m1/s1. The second-order valence-electron chi connectivity index (χ2n) is 11.3. The molecule has 4 heteroatoms. The first-order chi connectivity index (χ1) is 13.8. The van der Waals surface area contributed by atoms with Gasteiger partial charge in [0.2, 0.25) is 0 Å². The molecule has 30 heavy (non-hydrogen) atoms. The Bertz CT molecular complexity index is 790. The third-order valence-electron chi connectivity index (χ3n) is 8.09. The van der Waals surface area contributed by atoms with E-state index in [1.165, 1.54) is 0 Å². The van der Waals surface area contributed by atoms with Crippen LogP contribution < -0.4 is 0 Å². The van der Waals surface area contributed by atoms with Crippen LogP contribution in [0.2, 0.25) is 18.1 Å². The van der Waals surface area contributed by atoms with Gasteiger partial charge in [0.15, 0.2) is 8.32 Å². The normalized spacial score (nSPS) is 33.8. The van der Waals surface area contributed by atoms with E-state index in [4.69, 9.17) is 4.43 Å². The number of rotatable bonds is 6. The number of allylic oxidation sites excluding steroid dienone is 2. The maximum atomic E-state index is 11.6. The van der Waals surface area contributed by atoms with Crippen molar-refractivity contribution < 1.29 is 14.6 Å².